The molecule has 0 fully saturated rings. The topological polar surface area (TPSA) is 54.9 Å². The van der Waals surface area contributed by atoms with Gasteiger partial charge in [0.25, 0.3) is 0 Å². The summed E-state index contributed by atoms with van der Waals surface area (Å²) in [6, 6.07) is 16.5. The highest BCUT2D eigenvalue weighted by molar-refractivity contribution is 14.0. The van der Waals surface area contributed by atoms with Crippen LogP contribution in [-0.4, -0.2) is 32.8 Å². The van der Waals surface area contributed by atoms with Crippen molar-refractivity contribution >= 4 is 29.9 Å². The number of aryl methyl sites for hydroxylation is 1. The molecule has 0 saturated carbocycles. The number of hydrogen-bond donors (Lipinski definition) is 2. The SMILES string of the molecule is CN=C(NCCCOc1ccccc1C)NC1CCOc2ccccc21.I. The number of nitrogens with zero attached hydrogens (tertiary/aromatic N) is 1. The Morgan fingerprint density at radius 3 is 2.78 bits per heavy atom. The number of nitrogens with one attached hydrogen (secondary N) is 2. The average molecular weight is 481 g/mol. The van der Waals surface area contributed by atoms with Crippen LogP contribution in [0, 0.1) is 6.92 Å². The van der Waals surface area contributed by atoms with Crippen molar-refractivity contribution in [1.82, 2.24) is 10.6 Å². The summed E-state index contributed by atoms with van der Waals surface area (Å²) < 4.78 is 11.5. The summed E-state index contributed by atoms with van der Waals surface area (Å²) in [5.41, 5.74) is 2.35. The molecule has 1 unspecified atom stereocenters. The van der Waals surface area contributed by atoms with Crippen LogP contribution >= 0.6 is 24.0 Å². The summed E-state index contributed by atoms with van der Waals surface area (Å²) in [7, 11) is 1.80. The zero-order valence-electron chi connectivity index (χ0n) is 15.9. The highest BCUT2D eigenvalue weighted by atomic mass is 127. The van der Waals surface area contributed by atoms with Crippen LogP contribution in [0.5, 0.6) is 11.5 Å². The van der Waals surface area contributed by atoms with E-state index < -0.39 is 0 Å². The molecule has 1 aliphatic rings. The molecule has 0 bridgehead atoms. The molecule has 3 rings (SSSR count). The third kappa shape index (κ3) is 6.02. The Morgan fingerprint density at radius 2 is 1.96 bits per heavy atom. The van der Waals surface area contributed by atoms with Gasteiger partial charge in [0.1, 0.15) is 11.5 Å². The van der Waals surface area contributed by atoms with Gasteiger partial charge in [-0.05, 0) is 31.0 Å². The molecule has 146 valence electrons. The Kier molecular flexibility index (Phi) is 8.71. The van der Waals surface area contributed by atoms with Gasteiger partial charge in [0.05, 0.1) is 19.3 Å². The van der Waals surface area contributed by atoms with E-state index in [1.54, 1.807) is 7.05 Å². The molecule has 0 aliphatic carbocycles. The number of rotatable bonds is 6. The molecule has 5 nitrogen and oxygen atoms in total. The van der Waals surface area contributed by atoms with Gasteiger partial charge >= 0.3 is 0 Å². The molecular weight excluding hydrogens is 453 g/mol. The number of fused-ring (bicyclic) bond motifs is 1. The molecule has 2 N–H and O–H groups in total. The van der Waals surface area contributed by atoms with Gasteiger partial charge in [-0.3, -0.25) is 4.99 Å². The van der Waals surface area contributed by atoms with Crippen LogP contribution in [0.4, 0.5) is 0 Å². The van der Waals surface area contributed by atoms with Crippen LogP contribution in [0.25, 0.3) is 0 Å². The Hall–Kier alpha value is -1.96. The molecule has 1 atom stereocenters. The van der Waals surface area contributed by atoms with Gasteiger partial charge in [-0.1, -0.05) is 36.4 Å². The number of para-hydroxylation sites is 2. The van der Waals surface area contributed by atoms with Crippen molar-refractivity contribution in [3.63, 3.8) is 0 Å². The van der Waals surface area contributed by atoms with Gasteiger partial charge in [-0.2, -0.15) is 0 Å². The molecule has 1 heterocycles. The van der Waals surface area contributed by atoms with E-state index in [-0.39, 0.29) is 30.0 Å². The van der Waals surface area contributed by atoms with Gasteiger partial charge < -0.3 is 20.1 Å². The minimum absolute atomic E-state index is 0. The quantitative estimate of drug-likeness (QED) is 0.283. The maximum absolute atomic E-state index is 5.83. The first-order valence-electron chi connectivity index (χ1n) is 9.15. The second kappa shape index (κ2) is 11.0. The van der Waals surface area contributed by atoms with Gasteiger partial charge in [-0.15, -0.1) is 24.0 Å². The van der Waals surface area contributed by atoms with Crippen LogP contribution in [0.3, 0.4) is 0 Å². The summed E-state index contributed by atoms with van der Waals surface area (Å²) in [4.78, 5) is 4.34. The van der Waals surface area contributed by atoms with Crippen LogP contribution < -0.4 is 20.1 Å². The molecule has 0 radical (unpaired) electrons. The molecule has 0 amide bonds. The Bertz CT molecular complexity index is 752. The third-order valence-electron chi connectivity index (χ3n) is 4.46. The normalized spacial score (nSPS) is 15.8. The number of guanidine groups is 1. The molecule has 0 spiro atoms. The van der Waals surface area contributed by atoms with Crippen molar-refractivity contribution in [1.29, 1.82) is 0 Å². The van der Waals surface area contributed by atoms with Crippen LogP contribution in [0.15, 0.2) is 53.5 Å². The van der Waals surface area contributed by atoms with Crippen molar-refractivity contribution in [2.24, 2.45) is 4.99 Å². The first kappa shape index (κ1) is 21.3. The largest absolute Gasteiger partial charge is 0.493 e. The fourth-order valence-corrected chi connectivity index (χ4v) is 3.03. The lowest BCUT2D eigenvalue weighted by molar-refractivity contribution is 0.261. The monoisotopic (exact) mass is 481 g/mol. The number of ether oxygens (including phenoxy) is 2. The number of hydrogen-bond acceptors (Lipinski definition) is 3. The predicted molar refractivity (Wildman–Crippen MR) is 120 cm³/mol. The van der Waals surface area contributed by atoms with Crippen molar-refractivity contribution < 1.29 is 9.47 Å². The van der Waals surface area contributed by atoms with E-state index in [2.05, 4.69) is 34.7 Å². The summed E-state index contributed by atoms with van der Waals surface area (Å²) in [5, 5.41) is 6.86. The van der Waals surface area contributed by atoms with E-state index in [1.807, 2.05) is 36.4 Å². The molecule has 0 saturated heterocycles. The van der Waals surface area contributed by atoms with E-state index >= 15 is 0 Å². The van der Waals surface area contributed by atoms with Gasteiger partial charge in [-0.25, -0.2) is 0 Å². The minimum atomic E-state index is 0. The fraction of sp³-hybridized carbons (Fsp3) is 0.381. The van der Waals surface area contributed by atoms with Crippen LogP contribution in [-0.2, 0) is 0 Å². The zero-order chi connectivity index (χ0) is 18.2. The van der Waals surface area contributed by atoms with E-state index in [4.69, 9.17) is 9.47 Å². The predicted octanol–water partition coefficient (Wildman–Crippen LogP) is 4.07. The Morgan fingerprint density at radius 1 is 1.19 bits per heavy atom. The first-order chi connectivity index (χ1) is 12.8. The second-order valence-corrected chi connectivity index (χ2v) is 6.34. The molecule has 1 aliphatic heterocycles. The number of halogens is 1. The molecule has 2 aromatic rings. The third-order valence-corrected chi connectivity index (χ3v) is 4.46. The summed E-state index contributed by atoms with van der Waals surface area (Å²) in [5.74, 6) is 2.72. The van der Waals surface area contributed by atoms with Gasteiger partial charge in [0.15, 0.2) is 5.96 Å². The summed E-state index contributed by atoms with van der Waals surface area (Å²) >= 11 is 0. The van der Waals surface area contributed by atoms with Crippen molar-refractivity contribution in [2.45, 2.75) is 25.8 Å². The van der Waals surface area contributed by atoms with E-state index in [1.165, 1.54) is 5.56 Å². The first-order valence-corrected chi connectivity index (χ1v) is 9.15. The van der Waals surface area contributed by atoms with E-state index in [0.717, 1.165) is 49.0 Å². The fourth-order valence-electron chi connectivity index (χ4n) is 3.03. The molecule has 27 heavy (non-hydrogen) atoms. The molecular formula is C21H28IN3O2. The number of benzene rings is 2. The minimum Gasteiger partial charge on any atom is -0.493 e. The Balaban J connectivity index is 0.00000261. The Labute approximate surface area is 178 Å². The second-order valence-electron chi connectivity index (χ2n) is 6.34. The van der Waals surface area contributed by atoms with Crippen LogP contribution in [0.2, 0.25) is 0 Å². The maximum Gasteiger partial charge on any atom is 0.191 e. The average Bonchev–Trinajstić information content (AvgIpc) is 2.68. The summed E-state index contributed by atoms with van der Waals surface area (Å²) in [6.45, 7) is 4.26. The van der Waals surface area contributed by atoms with Crippen molar-refractivity contribution in [2.75, 3.05) is 26.8 Å². The molecule has 0 aromatic heterocycles. The maximum atomic E-state index is 5.83. The van der Waals surface area contributed by atoms with Gasteiger partial charge in [0.2, 0.25) is 0 Å². The molecule has 6 heteroatoms. The lowest BCUT2D eigenvalue weighted by Crippen LogP contribution is -2.41. The standard InChI is InChI=1S/C21H27N3O2.HI/c1-16-8-3-5-10-19(16)25-14-7-13-23-21(22-2)24-18-12-15-26-20-11-6-4-9-17(18)20;/h3-6,8-11,18H,7,12-15H2,1-2H3,(H2,22,23,24);1H. The van der Waals surface area contributed by atoms with Gasteiger partial charge in [0, 0.05) is 25.6 Å². The van der Waals surface area contributed by atoms with Crippen LogP contribution in [0.1, 0.15) is 30.0 Å². The highest BCUT2D eigenvalue weighted by Crippen LogP contribution is 2.31. The van der Waals surface area contributed by atoms with E-state index in [9.17, 15) is 0 Å². The van der Waals surface area contributed by atoms with Crippen molar-refractivity contribution in [3.8, 4) is 11.5 Å². The lowest BCUT2D eigenvalue weighted by Gasteiger charge is -2.28. The zero-order valence-corrected chi connectivity index (χ0v) is 18.2. The van der Waals surface area contributed by atoms with E-state index in [0.29, 0.717) is 6.61 Å². The molecule has 2 aromatic carbocycles. The lowest BCUT2D eigenvalue weighted by atomic mass is 10.0. The number of aliphatic imine (C=N–C) groups is 1. The van der Waals surface area contributed by atoms with Crippen molar-refractivity contribution in [3.05, 3.63) is 59.7 Å². The highest BCUT2D eigenvalue weighted by Gasteiger charge is 2.21. The smallest absolute Gasteiger partial charge is 0.191 e. The summed E-state index contributed by atoms with van der Waals surface area (Å²) in [6.07, 6.45) is 1.83.